The van der Waals surface area contributed by atoms with Gasteiger partial charge in [-0.05, 0) is 12.2 Å². The molecule has 54 valence electrons. The predicted octanol–water partition coefficient (Wildman–Crippen LogP) is 0.132. The first-order chi connectivity index (χ1) is 4.18. The first-order valence-corrected chi connectivity index (χ1v) is 3.47. The smallest absolute Gasteiger partial charge is 0.188 e. The molecule has 0 amide bonds. The van der Waals surface area contributed by atoms with Crippen molar-refractivity contribution in [3.63, 3.8) is 0 Å². The molecule has 0 aliphatic carbocycles. The first kappa shape index (κ1) is 8.62. The number of hydrogen-bond donors (Lipinski definition) is 3. The molecule has 0 aromatic carbocycles. The highest BCUT2D eigenvalue weighted by molar-refractivity contribution is 7.80. The molecule has 0 spiro atoms. The summed E-state index contributed by atoms with van der Waals surface area (Å²) in [5, 5.41) is 6.96. The normalized spacial score (nSPS) is 9.11. The van der Waals surface area contributed by atoms with Gasteiger partial charge in [0.25, 0.3) is 0 Å². The van der Waals surface area contributed by atoms with Gasteiger partial charge in [-0.2, -0.15) is 12.6 Å². The summed E-state index contributed by atoms with van der Waals surface area (Å²) in [6, 6.07) is 0. The van der Waals surface area contributed by atoms with Gasteiger partial charge in [0.15, 0.2) is 5.96 Å². The predicted molar refractivity (Wildman–Crippen MR) is 43.0 cm³/mol. The topological polar surface area (TPSA) is 53.1 Å². The molecule has 0 heterocycles. The van der Waals surface area contributed by atoms with Gasteiger partial charge in [-0.15, -0.1) is 0 Å². The Morgan fingerprint density at radius 2 is 2.33 bits per heavy atom. The summed E-state index contributed by atoms with van der Waals surface area (Å²) in [4.78, 5) is 1.69. The lowest BCUT2D eigenvalue weighted by Crippen LogP contribution is -2.33. The molecule has 0 atom stereocenters. The van der Waals surface area contributed by atoms with Crippen LogP contribution in [0, 0.1) is 5.41 Å². The second-order valence-corrected chi connectivity index (χ2v) is 2.33. The van der Waals surface area contributed by atoms with Crippen molar-refractivity contribution in [1.82, 2.24) is 4.90 Å². The Morgan fingerprint density at radius 1 is 1.78 bits per heavy atom. The van der Waals surface area contributed by atoms with Gasteiger partial charge in [-0.25, -0.2) is 0 Å². The number of nitrogens with zero attached hydrogens (tertiary/aromatic N) is 1. The van der Waals surface area contributed by atoms with Crippen molar-refractivity contribution in [2.45, 2.75) is 6.42 Å². The van der Waals surface area contributed by atoms with Crippen LogP contribution >= 0.6 is 12.6 Å². The maximum Gasteiger partial charge on any atom is 0.188 e. The average Bonchev–Trinajstić information content (AvgIpc) is 1.82. The minimum absolute atomic E-state index is 0.122. The largest absolute Gasteiger partial charge is 0.370 e. The molecule has 0 aromatic heterocycles. The molecule has 3 N–H and O–H groups in total. The molecule has 0 saturated carbocycles. The highest BCUT2D eigenvalue weighted by Crippen LogP contribution is 1.87. The zero-order valence-electron chi connectivity index (χ0n) is 5.59. The monoisotopic (exact) mass is 147 g/mol. The fraction of sp³-hybridized carbons (Fsp3) is 0.800. The highest BCUT2D eigenvalue weighted by Gasteiger charge is 1.95. The van der Waals surface area contributed by atoms with Crippen LogP contribution in [0.1, 0.15) is 6.42 Å². The van der Waals surface area contributed by atoms with Crippen LogP contribution in [-0.2, 0) is 0 Å². The molecule has 4 heteroatoms. The molecule has 0 saturated heterocycles. The van der Waals surface area contributed by atoms with Crippen molar-refractivity contribution in [3.8, 4) is 0 Å². The number of guanidine groups is 1. The van der Waals surface area contributed by atoms with Crippen molar-refractivity contribution in [2.24, 2.45) is 5.73 Å². The summed E-state index contributed by atoms with van der Waals surface area (Å²) < 4.78 is 0. The van der Waals surface area contributed by atoms with Crippen molar-refractivity contribution < 1.29 is 0 Å². The van der Waals surface area contributed by atoms with E-state index in [4.69, 9.17) is 11.1 Å². The Bertz CT molecular complexity index is 94.2. The van der Waals surface area contributed by atoms with Crippen LogP contribution in [0.5, 0.6) is 0 Å². The minimum atomic E-state index is 0.122. The SMILES string of the molecule is CN(CCCS)C(=N)N. The summed E-state index contributed by atoms with van der Waals surface area (Å²) >= 11 is 4.03. The Balaban J connectivity index is 3.27. The summed E-state index contributed by atoms with van der Waals surface area (Å²) in [6.45, 7) is 0.818. The molecule has 0 radical (unpaired) electrons. The van der Waals surface area contributed by atoms with Gasteiger partial charge in [0.2, 0.25) is 0 Å². The Morgan fingerprint density at radius 3 is 2.67 bits per heavy atom. The highest BCUT2D eigenvalue weighted by atomic mass is 32.1. The maximum absolute atomic E-state index is 6.96. The third-order valence-corrected chi connectivity index (χ3v) is 1.38. The molecule has 0 rings (SSSR count). The molecule has 0 aliphatic heterocycles. The van der Waals surface area contributed by atoms with Gasteiger partial charge in [0, 0.05) is 13.6 Å². The molecular weight excluding hydrogens is 134 g/mol. The van der Waals surface area contributed by atoms with Crippen molar-refractivity contribution in [1.29, 1.82) is 5.41 Å². The molecule has 0 fully saturated rings. The number of nitrogens with one attached hydrogen (secondary N) is 1. The van der Waals surface area contributed by atoms with E-state index < -0.39 is 0 Å². The van der Waals surface area contributed by atoms with Crippen LogP contribution in [-0.4, -0.2) is 30.2 Å². The minimum Gasteiger partial charge on any atom is -0.370 e. The van der Waals surface area contributed by atoms with Crippen LogP contribution in [0.25, 0.3) is 0 Å². The lowest BCUT2D eigenvalue weighted by molar-refractivity contribution is 0.494. The average molecular weight is 147 g/mol. The fourth-order valence-corrected chi connectivity index (χ4v) is 0.570. The van der Waals surface area contributed by atoms with Gasteiger partial charge in [0.05, 0.1) is 0 Å². The van der Waals surface area contributed by atoms with Gasteiger partial charge >= 0.3 is 0 Å². The van der Waals surface area contributed by atoms with Crippen LogP contribution in [0.3, 0.4) is 0 Å². The summed E-state index contributed by atoms with van der Waals surface area (Å²) in [5.74, 6) is 0.967. The number of thiol groups is 1. The van der Waals surface area contributed by atoms with E-state index in [2.05, 4.69) is 12.6 Å². The van der Waals surface area contributed by atoms with E-state index in [-0.39, 0.29) is 5.96 Å². The van der Waals surface area contributed by atoms with Crippen LogP contribution < -0.4 is 5.73 Å². The van der Waals surface area contributed by atoms with E-state index in [0.29, 0.717) is 0 Å². The van der Waals surface area contributed by atoms with E-state index in [1.54, 1.807) is 11.9 Å². The quantitative estimate of drug-likeness (QED) is 0.302. The van der Waals surface area contributed by atoms with Gasteiger partial charge in [0.1, 0.15) is 0 Å². The van der Waals surface area contributed by atoms with Gasteiger partial charge < -0.3 is 10.6 Å². The van der Waals surface area contributed by atoms with Crippen LogP contribution in [0.15, 0.2) is 0 Å². The first-order valence-electron chi connectivity index (χ1n) is 2.84. The van der Waals surface area contributed by atoms with E-state index in [0.717, 1.165) is 18.7 Å². The summed E-state index contributed by atoms with van der Waals surface area (Å²) in [5.41, 5.74) is 5.16. The number of nitrogens with two attached hydrogens (primary N) is 1. The van der Waals surface area contributed by atoms with Gasteiger partial charge in [-0.1, -0.05) is 0 Å². The third kappa shape index (κ3) is 4.14. The fourth-order valence-electron chi connectivity index (χ4n) is 0.428. The molecule has 0 aliphatic rings. The summed E-state index contributed by atoms with van der Waals surface area (Å²) in [6.07, 6.45) is 0.971. The molecule has 0 unspecified atom stereocenters. The second kappa shape index (κ2) is 4.49. The van der Waals surface area contributed by atoms with Crippen molar-refractivity contribution in [3.05, 3.63) is 0 Å². The molecule has 9 heavy (non-hydrogen) atoms. The molecule has 3 nitrogen and oxygen atoms in total. The molecular formula is C5H13N3S. The van der Waals surface area contributed by atoms with Crippen LogP contribution in [0.4, 0.5) is 0 Å². The third-order valence-electron chi connectivity index (χ3n) is 1.06. The van der Waals surface area contributed by atoms with E-state index in [9.17, 15) is 0 Å². The Kier molecular flexibility index (Phi) is 4.30. The van der Waals surface area contributed by atoms with Crippen LogP contribution in [0.2, 0.25) is 0 Å². The molecule has 0 aromatic rings. The van der Waals surface area contributed by atoms with E-state index in [1.165, 1.54) is 0 Å². The maximum atomic E-state index is 6.96. The Labute approximate surface area is 61.1 Å². The standard InChI is InChI=1S/C5H13N3S/c1-8(5(6)7)3-2-4-9/h9H,2-4H2,1H3,(H3,6,7). The zero-order chi connectivity index (χ0) is 7.28. The lowest BCUT2D eigenvalue weighted by Gasteiger charge is -2.14. The number of rotatable bonds is 3. The lowest BCUT2D eigenvalue weighted by atomic mass is 10.4. The van der Waals surface area contributed by atoms with Crippen molar-refractivity contribution in [2.75, 3.05) is 19.3 Å². The zero-order valence-corrected chi connectivity index (χ0v) is 6.49. The second-order valence-electron chi connectivity index (χ2n) is 1.88. The Hall–Kier alpha value is -0.380. The van der Waals surface area contributed by atoms with E-state index >= 15 is 0 Å². The summed E-state index contributed by atoms with van der Waals surface area (Å²) in [7, 11) is 1.80. The van der Waals surface area contributed by atoms with Crippen molar-refractivity contribution >= 4 is 18.6 Å². The number of hydrogen-bond acceptors (Lipinski definition) is 2. The molecule has 0 bridgehead atoms. The van der Waals surface area contributed by atoms with Gasteiger partial charge in [-0.3, -0.25) is 5.41 Å². The van der Waals surface area contributed by atoms with E-state index in [1.807, 2.05) is 0 Å².